The van der Waals surface area contributed by atoms with E-state index in [4.69, 9.17) is 4.84 Å². The minimum atomic E-state index is -0.362. The Bertz CT molecular complexity index is 707. The van der Waals surface area contributed by atoms with Gasteiger partial charge in [-0.2, -0.15) is 5.10 Å². The van der Waals surface area contributed by atoms with Crippen LogP contribution >= 0.6 is 11.3 Å². The summed E-state index contributed by atoms with van der Waals surface area (Å²) in [6, 6.07) is 11.7. The van der Waals surface area contributed by atoms with Crippen LogP contribution in [0.1, 0.15) is 17.4 Å². The van der Waals surface area contributed by atoms with E-state index in [1.807, 2.05) is 67.7 Å². The van der Waals surface area contributed by atoms with E-state index in [-0.39, 0.29) is 12.5 Å². The van der Waals surface area contributed by atoms with Crippen molar-refractivity contribution in [3.63, 3.8) is 0 Å². The van der Waals surface area contributed by atoms with Gasteiger partial charge >= 0.3 is 0 Å². The van der Waals surface area contributed by atoms with Crippen LogP contribution in [0.3, 0.4) is 0 Å². The monoisotopic (exact) mass is 344 g/mol. The quantitative estimate of drug-likeness (QED) is 0.620. The average molecular weight is 344 g/mol. The van der Waals surface area contributed by atoms with Crippen LogP contribution in [0.5, 0.6) is 0 Å². The Morgan fingerprint density at radius 3 is 2.67 bits per heavy atom. The van der Waals surface area contributed by atoms with Crippen molar-refractivity contribution < 1.29 is 9.63 Å². The smallest absolute Gasteiger partial charge is 0.280 e. The maximum Gasteiger partial charge on any atom is 0.280 e. The Balaban J connectivity index is 1.75. The predicted molar refractivity (Wildman–Crippen MR) is 99.0 cm³/mol. The van der Waals surface area contributed by atoms with E-state index in [1.165, 1.54) is 0 Å². The zero-order valence-corrected chi connectivity index (χ0v) is 14.7. The summed E-state index contributed by atoms with van der Waals surface area (Å²) < 4.78 is 0. The number of anilines is 1. The molecule has 2 rings (SSSR count). The number of carbonyl (C=O) groups is 1. The standard InChI is InChI=1S/C17H20N4O2S/c1-13(16-5-4-10-24-16)20-23-12-17(22)19-18-11-14-6-8-15(9-7-14)21(2)3/h4-11H,12H2,1-3H3,(H,19,22). The molecule has 7 heteroatoms. The maximum absolute atomic E-state index is 11.6. The summed E-state index contributed by atoms with van der Waals surface area (Å²) in [6.07, 6.45) is 1.58. The minimum Gasteiger partial charge on any atom is -0.385 e. The molecule has 0 spiro atoms. The average Bonchev–Trinajstić information content (AvgIpc) is 3.10. The third-order valence-corrected chi connectivity index (χ3v) is 4.07. The highest BCUT2D eigenvalue weighted by molar-refractivity contribution is 7.12. The van der Waals surface area contributed by atoms with Crippen LogP contribution in [0.2, 0.25) is 0 Å². The molecular formula is C17H20N4O2S. The molecule has 0 radical (unpaired) electrons. The Kier molecular flexibility index (Phi) is 6.51. The largest absolute Gasteiger partial charge is 0.385 e. The number of oxime groups is 1. The molecule has 0 aliphatic carbocycles. The lowest BCUT2D eigenvalue weighted by molar-refractivity contribution is -0.125. The number of carbonyl (C=O) groups excluding carboxylic acids is 1. The van der Waals surface area contributed by atoms with Crippen molar-refractivity contribution in [2.75, 3.05) is 25.6 Å². The molecule has 0 atom stereocenters. The first-order valence-corrected chi connectivity index (χ1v) is 8.24. The van der Waals surface area contributed by atoms with Crippen molar-refractivity contribution in [3.8, 4) is 0 Å². The summed E-state index contributed by atoms with van der Waals surface area (Å²) in [7, 11) is 3.96. The summed E-state index contributed by atoms with van der Waals surface area (Å²) in [4.78, 5) is 19.7. The molecule has 0 saturated carbocycles. The first kappa shape index (κ1) is 17.7. The molecule has 126 valence electrons. The van der Waals surface area contributed by atoms with Gasteiger partial charge in [-0.05, 0) is 36.1 Å². The van der Waals surface area contributed by atoms with Gasteiger partial charge in [0, 0.05) is 19.8 Å². The van der Waals surface area contributed by atoms with Crippen LogP contribution in [0.15, 0.2) is 52.0 Å². The molecular weight excluding hydrogens is 324 g/mol. The predicted octanol–water partition coefficient (Wildman–Crippen LogP) is 2.71. The lowest BCUT2D eigenvalue weighted by atomic mass is 10.2. The number of nitrogens with zero attached hydrogens (tertiary/aromatic N) is 3. The second-order valence-corrected chi connectivity index (χ2v) is 6.15. The van der Waals surface area contributed by atoms with Crippen LogP contribution < -0.4 is 10.3 Å². The summed E-state index contributed by atoms with van der Waals surface area (Å²) in [5.41, 5.74) is 5.14. The van der Waals surface area contributed by atoms with Gasteiger partial charge in [-0.3, -0.25) is 4.79 Å². The van der Waals surface area contributed by atoms with Gasteiger partial charge in [0.05, 0.1) is 16.8 Å². The van der Waals surface area contributed by atoms with E-state index in [0.29, 0.717) is 0 Å². The lowest BCUT2D eigenvalue weighted by Crippen LogP contribution is -2.22. The minimum absolute atomic E-state index is 0.181. The van der Waals surface area contributed by atoms with E-state index in [2.05, 4.69) is 15.7 Å². The molecule has 0 unspecified atom stereocenters. The van der Waals surface area contributed by atoms with Gasteiger partial charge in [0.2, 0.25) is 0 Å². The fraction of sp³-hybridized carbons (Fsp3) is 0.235. The van der Waals surface area contributed by atoms with Crippen LogP contribution in [0.4, 0.5) is 5.69 Å². The number of benzene rings is 1. The number of thiophene rings is 1. The van der Waals surface area contributed by atoms with Crippen molar-refractivity contribution in [3.05, 3.63) is 52.2 Å². The van der Waals surface area contributed by atoms with Gasteiger partial charge in [0.1, 0.15) is 0 Å². The molecule has 1 amide bonds. The topological polar surface area (TPSA) is 66.3 Å². The van der Waals surface area contributed by atoms with Crippen LogP contribution in [-0.2, 0) is 9.63 Å². The zero-order valence-electron chi connectivity index (χ0n) is 13.9. The normalized spacial score (nSPS) is 11.5. The second-order valence-electron chi connectivity index (χ2n) is 5.21. The van der Waals surface area contributed by atoms with Crippen molar-refractivity contribution >= 4 is 34.9 Å². The summed E-state index contributed by atoms with van der Waals surface area (Å²) >= 11 is 1.57. The third-order valence-electron chi connectivity index (χ3n) is 3.09. The molecule has 1 aromatic heterocycles. The molecule has 1 N–H and O–H groups in total. The number of rotatable bonds is 7. The van der Waals surface area contributed by atoms with E-state index < -0.39 is 0 Å². The van der Waals surface area contributed by atoms with Crippen molar-refractivity contribution in [2.45, 2.75) is 6.92 Å². The number of nitrogens with one attached hydrogen (secondary N) is 1. The molecule has 6 nitrogen and oxygen atoms in total. The van der Waals surface area contributed by atoms with E-state index in [0.717, 1.165) is 21.8 Å². The maximum atomic E-state index is 11.6. The van der Waals surface area contributed by atoms with E-state index in [1.54, 1.807) is 17.6 Å². The molecule has 24 heavy (non-hydrogen) atoms. The van der Waals surface area contributed by atoms with Crippen molar-refractivity contribution in [1.29, 1.82) is 0 Å². The van der Waals surface area contributed by atoms with Gasteiger partial charge in [-0.1, -0.05) is 23.4 Å². The van der Waals surface area contributed by atoms with Crippen LogP contribution in [-0.4, -0.2) is 38.5 Å². The zero-order chi connectivity index (χ0) is 17.4. The SMILES string of the molecule is CC(=NOCC(=O)NN=Cc1ccc(N(C)C)cc1)c1cccs1. The second kappa shape index (κ2) is 8.83. The van der Waals surface area contributed by atoms with Crippen molar-refractivity contribution in [2.24, 2.45) is 10.3 Å². The van der Waals surface area contributed by atoms with Gasteiger partial charge in [-0.25, -0.2) is 5.43 Å². The number of hydrogen-bond donors (Lipinski definition) is 1. The summed E-state index contributed by atoms with van der Waals surface area (Å²) in [5, 5.41) is 9.77. The molecule has 0 aliphatic heterocycles. The highest BCUT2D eigenvalue weighted by Crippen LogP contribution is 2.11. The molecule has 0 saturated heterocycles. The molecule has 0 aliphatic rings. The molecule has 0 fully saturated rings. The first-order valence-electron chi connectivity index (χ1n) is 7.36. The molecule has 2 aromatic rings. The lowest BCUT2D eigenvalue weighted by Gasteiger charge is -2.11. The van der Waals surface area contributed by atoms with E-state index in [9.17, 15) is 4.79 Å². The van der Waals surface area contributed by atoms with Gasteiger partial charge in [-0.15, -0.1) is 11.3 Å². The number of hydrazone groups is 1. The van der Waals surface area contributed by atoms with Crippen LogP contribution in [0, 0.1) is 0 Å². The number of hydrogen-bond acceptors (Lipinski definition) is 6. The highest BCUT2D eigenvalue weighted by Gasteiger charge is 2.02. The van der Waals surface area contributed by atoms with Gasteiger partial charge in [0.25, 0.3) is 5.91 Å². The first-order chi connectivity index (χ1) is 11.6. The Morgan fingerprint density at radius 2 is 2.04 bits per heavy atom. The van der Waals surface area contributed by atoms with Gasteiger partial charge in [0.15, 0.2) is 6.61 Å². The molecule has 1 aromatic carbocycles. The van der Waals surface area contributed by atoms with Crippen LogP contribution in [0.25, 0.3) is 0 Å². The Labute approximate surface area is 145 Å². The Hall–Kier alpha value is -2.67. The molecule has 0 bridgehead atoms. The fourth-order valence-corrected chi connectivity index (χ4v) is 2.46. The third kappa shape index (κ3) is 5.51. The fourth-order valence-electron chi connectivity index (χ4n) is 1.79. The van der Waals surface area contributed by atoms with E-state index >= 15 is 0 Å². The molecule has 1 heterocycles. The number of amides is 1. The van der Waals surface area contributed by atoms with Gasteiger partial charge < -0.3 is 9.74 Å². The highest BCUT2D eigenvalue weighted by atomic mass is 32.1. The Morgan fingerprint density at radius 1 is 1.29 bits per heavy atom. The van der Waals surface area contributed by atoms with Crippen molar-refractivity contribution in [1.82, 2.24) is 5.43 Å². The summed E-state index contributed by atoms with van der Waals surface area (Å²) in [5.74, 6) is -0.362. The summed E-state index contributed by atoms with van der Waals surface area (Å²) in [6.45, 7) is 1.65.